The lowest BCUT2D eigenvalue weighted by molar-refractivity contribution is 0.301. The van der Waals surface area contributed by atoms with E-state index >= 15 is 0 Å². The van der Waals surface area contributed by atoms with Crippen LogP contribution in [0.1, 0.15) is 34.6 Å². The Morgan fingerprint density at radius 3 is 2.08 bits per heavy atom. The van der Waals surface area contributed by atoms with Gasteiger partial charge in [-0.2, -0.15) is 0 Å². The number of allylic oxidation sites excluding steroid dienone is 8. The van der Waals surface area contributed by atoms with E-state index in [0.717, 1.165) is 16.8 Å². The molecule has 138 valence electrons. The number of nitrogens with zero attached hydrogens (tertiary/aromatic N) is 1. The van der Waals surface area contributed by atoms with E-state index in [1.165, 1.54) is 0 Å². The minimum absolute atomic E-state index is 0.466. The summed E-state index contributed by atoms with van der Waals surface area (Å²) >= 11 is 5.99. The van der Waals surface area contributed by atoms with Gasteiger partial charge in [-0.15, -0.1) is 0 Å². The van der Waals surface area contributed by atoms with Crippen LogP contribution in [-0.2, 0) is 4.74 Å². The number of hydrogen-bond donors (Lipinski definition) is 1. The van der Waals surface area contributed by atoms with Gasteiger partial charge in [0.2, 0.25) is 0 Å². The van der Waals surface area contributed by atoms with Gasteiger partial charge in [-0.25, -0.2) is 4.99 Å². The van der Waals surface area contributed by atoms with Gasteiger partial charge in [-0.1, -0.05) is 60.7 Å². The molecule has 0 heterocycles. The molecule has 0 aliphatic carbocycles. The Bertz CT molecular complexity index is 597. The summed E-state index contributed by atoms with van der Waals surface area (Å²) in [6.45, 7) is 20.8. The molecule has 0 spiro atoms. The summed E-state index contributed by atoms with van der Waals surface area (Å²) in [4.78, 5) is 4.17. The Labute approximate surface area is 158 Å². The molecule has 0 bridgehead atoms. The van der Waals surface area contributed by atoms with Gasteiger partial charge in [-0.05, 0) is 46.8 Å². The van der Waals surface area contributed by atoms with Crippen molar-refractivity contribution in [2.75, 3.05) is 7.11 Å². The Morgan fingerprint density at radius 2 is 1.76 bits per heavy atom. The zero-order chi connectivity index (χ0) is 19.8. The van der Waals surface area contributed by atoms with Crippen molar-refractivity contribution >= 4 is 17.8 Å². The molecule has 0 amide bonds. The van der Waals surface area contributed by atoms with Gasteiger partial charge >= 0.3 is 0 Å². The molecule has 0 aliphatic heterocycles. The Morgan fingerprint density at radius 1 is 1.16 bits per heavy atom. The second kappa shape index (κ2) is 15.3. The van der Waals surface area contributed by atoms with Crippen molar-refractivity contribution in [1.29, 1.82) is 0 Å². The van der Waals surface area contributed by atoms with E-state index in [2.05, 4.69) is 30.0 Å². The Balaban J connectivity index is 0. The SMILES string of the molecule is C=C/C(OC)=C(\C=C(C)C)NC(=C)/N=C\C(Cl)=C(C)C.C=C/C=C/C. The quantitative estimate of drug-likeness (QED) is 0.307. The molecule has 1 N–H and O–H groups in total. The lowest BCUT2D eigenvalue weighted by Gasteiger charge is -2.11. The average molecular weight is 363 g/mol. The molecule has 0 radical (unpaired) electrons. The highest BCUT2D eigenvalue weighted by molar-refractivity contribution is 6.39. The molecule has 0 atom stereocenters. The van der Waals surface area contributed by atoms with Crippen molar-refractivity contribution in [2.45, 2.75) is 34.6 Å². The molecular formula is C21H31ClN2O. The smallest absolute Gasteiger partial charge is 0.141 e. The molecule has 0 aromatic carbocycles. The van der Waals surface area contributed by atoms with Crippen molar-refractivity contribution in [3.05, 3.63) is 83.6 Å². The van der Waals surface area contributed by atoms with E-state index in [9.17, 15) is 0 Å². The highest BCUT2D eigenvalue weighted by Crippen LogP contribution is 2.11. The Hall–Kier alpha value is -2.26. The number of halogens is 1. The lowest BCUT2D eigenvalue weighted by atomic mass is 10.2. The molecule has 0 unspecified atom stereocenters. The average Bonchev–Trinajstić information content (AvgIpc) is 2.54. The van der Waals surface area contributed by atoms with Crippen LogP contribution in [-0.4, -0.2) is 13.3 Å². The van der Waals surface area contributed by atoms with Crippen LogP contribution in [0.15, 0.2) is 88.6 Å². The van der Waals surface area contributed by atoms with Crippen molar-refractivity contribution in [1.82, 2.24) is 5.32 Å². The van der Waals surface area contributed by atoms with E-state index in [0.29, 0.717) is 16.6 Å². The first-order valence-corrected chi connectivity index (χ1v) is 8.23. The van der Waals surface area contributed by atoms with E-state index in [4.69, 9.17) is 16.3 Å². The van der Waals surface area contributed by atoms with E-state index < -0.39 is 0 Å². The number of ether oxygens (including phenoxy) is 1. The standard InChI is InChI=1S/C16H23ClN2O.C5H8/c1-8-16(20-7)15(9-11(2)3)19-13(6)18-10-14(17)12(4)5;1-3-5-4-2/h8-10,19H,1,6H2,2-5,7H3;3-5H,1H2,2H3/b16-15-,18-10-;5-4+. The summed E-state index contributed by atoms with van der Waals surface area (Å²) in [7, 11) is 1.59. The van der Waals surface area contributed by atoms with Gasteiger partial charge < -0.3 is 10.1 Å². The molecule has 3 nitrogen and oxygen atoms in total. The Kier molecular flexibility index (Phi) is 15.3. The van der Waals surface area contributed by atoms with Gasteiger partial charge in [0.15, 0.2) is 0 Å². The molecule has 0 aliphatic rings. The summed E-state index contributed by atoms with van der Waals surface area (Å²) in [5, 5.41) is 3.67. The van der Waals surface area contributed by atoms with Crippen LogP contribution < -0.4 is 5.32 Å². The summed E-state index contributed by atoms with van der Waals surface area (Å²) in [6, 6.07) is 0. The number of hydrogen-bond acceptors (Lipinski definition) is 3. The molecular weight excluding hydrogens is 332 g/mol. The second-order valence-electron chi connectivity index (χ2n) is 5.35. The van der Waals surface area contributed by atoms with Crippen molar-refractivity contribution < 1.29 is 4.74 Å². The fraction of sp³-hybridized carbons (Fsp3) is 0.286. The van der Waals surface area contributed by atoms with Gasteiger partial charge in [0.25, 0.3) is 0 Å². The second-order valence-corrected chi connectivity index (χ2v) is 5.75. The zero-order valence-corrected chi connectivity index (χ0v) is 17.1. The third-order valence-corrected chi connectivity index (χ3v) is 3.00. The van der Waals surface area contributed by atoms with Crippen LogP contribution in [0.25, 0.3) is 0 Å². The monoisotopic (exact) mass is 362 g/mol. The van der Waals surface area contributed by atoms with Crippen molar-refractivity contribution in [3.8, 4) is 0 Å². The predicted octanol–water partition coefficient (Wildman–Crippen LogP) is 6.41. The van der Waals surface area contributed by atoms with Crippen LogP contribution in [0.2, 0.25) is 0 Å². The van der Waals surface area contributed by atoms with Gasteiger partial charge in [0.05, 0.1) is 17.8 Å². The largest absolute Gasteiger partial charge is 0.495 e. The molecule has 25 heavy (non-hydrogen) atoms. The molecule has 0 aromatic heterocycles. The van der Waals surface area contributed by atoms with Crippen LogP contribution in [0, 0.1) is 0 Å². The fourth-order valence-corrected chi connectivity index (χ4v) is 1.40. The molecule has 0 aromatic rings. The summed E-state index contributed by atoms with van der Waals surface area (Å²) < 4.78 is 5.25. The number of methoxy groups -OCH3 is 1. The van der Waals surface area contributed by atoms with Gasteiger partial charge in [-0.3, -0.25) is 0 Å². The van der Waals surface area contributed by atoms with E-state index in [1.807, 2.05) is 52.8 Å². The maximum Gasteiger partial charge on any atom is 0.141 e. The van der Waals surface area contributed by atoms with Crippen molar-refractivity contribution in [2.24, 2.45) is 4.99 Å². The summed E-state index contributed by atoms with van der Waals surface area (Å²) in [6.07, 6.45) is 10.7. The molecule has 0 rings (SSSR count). The van der Waals surface area contributed by atoms with E-state index in [1.54, 1.807) is 25.5 Å². The van der Waals surface area contributed by atoms with Crippen molar-refractivity contribution in [3.63, 3.8) is 0 Å². The molecule has 4 heteroatoms. The molecule has 0 fully saturated rings. The zero-order valence-electron chi connectivity index (χ0n) is 16.3. The first-order valence-electron chi connectivity index (χ1n) is 7.85. The van der Waals surface area contributed by atoms with Crippen LogP contribution in [0.5, 0.6) is 0 Å². The highest BCUT2D eigenvalue weighted by atomic mass is 35.5. The third kappa shape index (κ3) is 13.8. The van der Waals surface area contributed by atoms with Gasteiger partial charge in [0.1, 0.15) is 11.6 Å². The highest BCUT2D eigenvalue weighted by Gasteiger charge is 2.03. The first kappa shape index (κ1) is 25.0. The maximum atomic E-state index is 5.99. The summed E-state index contributed by atoms with van der Waals surface area (Å²) in [5.74, 6) is 1.09. The van der Waals surface area contributed by atoms with Crippen LogP contribution in [0.4, 0.5) is 0 Å². The normalized spacial score (nSPS) is 11.0. The topological polar surface area (TPSA) is 33.6 Å². The summed E-state index contributed by atoms with van der Waals surface area (Å²) in [5.41, 5.74) is 2.85. The van der Waals surface area contributed by atoms with E-state index in [-0.39, 0.29) is 0 Å². The minimum atomic E-state index is 0.466. The number of nitrogens with one attached hydrogen (secondary N) is 1. The fourth-order valence-electron chi connectivity index (χ4n) is 1.35. The maximum absolute atomic E-state index is 5.99. The number of aliphatic imine (C=N–C) groups is 1. The van der Waals surface area contributed by atoms with Crippen LogP contribution in [0.3, 0.4) is 0 Å². The third-order valence-electron chi connectivity index (χ3n) is 2.52. The van der Waals surface area contributed by atoms with Crippen LogP contribution >= 0.6 is 11.6 Å². The number of rotatable bonds is 8. The van der Waals surface area contributed by atoms with Gasteiger partial charge in [0, 0.05) is 6.21 Å². The molecule has 0 saturated carbocycles. The predicted molar refractivity (Wildman–Crippen MR) is 114 cm³/mol. The lowest BCUT2D eigenvalue weighted by Crippen LogP contribution is -2.12. The first-order chi connectivity index (χ1) is 11.7. The molecule has 0 saturated heterocycles. The minimum Gasteiger partial charge on any atom is -0.495 e.